The third-order valence-electron chi connectivity index (χ3n) is 5.97. The van der Waals surface area contributed by atoms with Gasteiger partial charge in [0, 0.05) is 35.4 Å². The summed E-state index contributed by atoms with van der Waals surface area (Å²) in [5.74, 6) is 2.37. The van der Waals surface area contributed by atoms with Crippen molar-refractivity contribution in [1.82, 2.24) is 15.0 Å². The summed E-state index contributed by atoms with van der Waals surface area (Å²) >= 11 is 1.83. The smallest absolute Gasteiger partial charge is 0.163 e. The fraction of sp³-hybridized carbons (Fsp3) is 0.320. The molecule has 0 saturated carbocycles. The Morgan fingerprint density at radius 3 is 2.74 bits per heavy atom. The summed E-state index contributed by atoms with van der Waals surface area (Å²) in [5, 5.41) is 4.77. The first-order valence-electron chi connectivity index (χ1n) is 10.9. The van der Waals surface area contributed by atoms with Gasteiger partial charge in [0.2, 0.25) is 0 Å². The molecule has 5 rings (SSSR count). The number of rotatable bonds is 6. The summed E-state index contributed by atoms with van der Waals surface area (Å²) in [6.45, 7) is 3.00. The summed E-state index contributed by atoms with van der Waals surface area (Å²) in [6.07, 6.45) is 7.85. The zero-order valence-corrected chi connectivity index (χ0v) is 18.5. The lowest BCUT2D eigenvalue weighted by atomic mass is 9.89. The molecule has 1 aromatic carbocycles. The minimum absolute atomic E-state index is 0.00581. The normalized spacial score (nSPS) is 16.8. The van der Waals surface area contributed by atoms with E-state index in [1.165, 1.54) is 27.8 Å². The molecule has 0 spiro atoms. The van der Waals surface area contributed by atoms with E-state index in [0.717, 1.165) is 47.2 Å². The minimum atomic E-state index is 0.00581. The van der Waals surface area contributed by atoms with E-state index in [-0.39, 0.29) is 6.04 Å². The Morgan fingerprint density at radius 2 is 1.94 bits per heavy atom. The van der Waals surface area contributed by atoms with E-state index >= 15 is 0 Å². The number of nitrogens with two attached hydrogens (primary N) is 1. The molecule has 158 valence electrons. The third-order valence-corrected chi connectivity index (χ3v) is 7.11. The van der Waals surface area contributed by atoms with E-state index < -0.39 is 0 Å². The Kier molecular flexibility index (Phi) is 5.66. The lowest BCUT2D eigenvalue weighted by molar-refractivity contribution is 0.509. The molecule has 0 amide bonds. The first-order chi connectivity index (χ1) is 15.2. The molecule has 3 N–H and O–H groups in total. The van der Waals surface area contributed by atoms with Crippen LogP contribution in [0, 0.1) is 5.92 Å². The van der Waals surface area contributed by atoms with Crippen molar-refractivity contribution in [2.75, 3.05) is 11.9 Å². The van der Waals surface area contributed by atoms with Gasteiger partial charge in [0.25, 0.3) is 0 Å². The van der Waals surface area contributed by atoms with Crippen LogP contribution >= 0.6 is 11.3 Å². The predicted octanol–water partition coefficient (Wildman–Crippen LogP) is 4.86. The number of nitrogens with zero attached hydrogens (tertiary/aromatic N) is 3. The third kappa shape index (κ3) is 4.31. The quantitative estimate of drug-likeness (QED) is 0.458. The number of pyridine rings is 1. The number of hydrogen-bond acceptors (Lipinski definition) is 6. The summed E-state index contributed by atoms with van der Waals surface area (Å²) in [5.41, 5.74) is 10.1. The lowest BCUT2D eigenvalue weighted by Crippen LogP contribution is -2.31. The van der Waals surface area contributed by atoms with Crippen LogP contribution in [0.5, 0.6) is 0 Å². The van der Waals surface area contributed by atoms with Crippen molar-refractivity contribution in [3.63, 3.8) is 0 Å². The van der Waals surface area contributed by atoms with Gasteiger partial charge in [-0.3, -0.25) is 4.98 Å². The van der Waals surface area contributed by atoms with Crippen LogP contribution in [0.15, 0.2) is 54.9 Å². The van der Waals surface area contributed by atoms with Crippen molar-refractivity contribution in [1.29, 1.82) is 0 Å². The summed E-state index contributed by atoms with van der Waals surface area (Å²) < 4.78 is 0. The van der Waals surface area contributed by atoms with Crippen LogP contribution in [0.2, 0.25) is 0 Å². The Labute approximate surface area is 186 Å². The molecule has 31 heavy (non-hydrogen) atoms. The van der Waals surface area contributed by atoms with Gasteiger partial charge < -0.3 is 11.1 Å². The minimum Gasteiger partial charge on any atom is -0.368 e. The van der Waals surface area contributed by atoms with Crippen LogP contribution in [0.25, 0.3) is 21.6 Å². The largest absolute Gasteiger partial charge is 0.368 e. The molecule has 0 bridgehead atoms. The van der Waals surface area contributed by atoms with E-state index in [4.69, 9.17) is 15.7 Å². The van der Waals surface area contributed by atoms with Crippen molar-refractivity contribution < 1.29 is 0 Å². The molecule has 1 aliphatic carbocycles. The first kappa shape index (κ1) is 20.1. The number of hydrogen-bond donors (Lipinski definition) is 2. The number of thiophene rings is 1. The molecule has 1 aliphatic rings. The highest BCUT2D eigenvalue weighted by Crippen LogP contribution is 2.40. The van der Waals surface area contributed by atoms with E-state index in [1.807, 2.05) is 29.5 Å². The molecule has 5 nitrogen and oxygen atoms in total. The van der Waals surface area contributed by atoms with Crippen LogP contribution < -0.4 is 11.1 Å². The molecule has 6 heteroatoms. The van der Waals surface area contributed by atoms with Crippen molar-refractivity contribution in [2.24, 2.45) is 11.7 Å². The van der Waals surface area contributed by atoms with Crippen molar-refractivity contribution >= 4 is 27.4 Å². The van der Waals surface area contributed by atoms with Gasteiger partial charge in [-0.1, -0.05) is 37.3 Å². The van der Waals surface area contributed by atoms with Crippen molar-refractivity contribution in [3.05, 3.63) is 70.9 Å². The number of nitrogens with one attached hydrogen (secondary N) is 1. The number of benzene rings is 1. The second-order valence-corrected chi connectivity index (χ2v) is 9.58. The Balaban J connectivity index is 1.48. The maximum absolute atomic E-state index is 6.47. The highest BCUT2D eigenvalue weighted by atomic mass is 32.1. The van der Waals surface area contributed by atoms with E-state index in [2.05, 4.69) is 41.5 Å². The molecule has 4 aromatic rings. The van der Waals surface area contributed by atoms with Crippen molar-refractivity contribution in [3.8, 4) is 11.4 Å². The van der Waals surface area contributed by atoms with Crippen LogP contribution in [0.4, 0.5) is 5.82 Å². The fourth-order valence-corrected chi connectivity index (χ4v) is 5.70. The zero-order chi connectivity index (χ0) is 21.2. The summed E-state index contributed by atoms with van der Waals surface area (Å²) in [6, 6.07) is 14.3. The second kappa shape index (κ2) is 8.73. The fourth-order valence-electron chi connectivity index (χ4n) is 4.32. The Morgan fingerprint density at radius 1 is 1.13 bits per heavy atom. The standard InChI is InChI=1S/C25H27N5S/c1-16-7-8-20-21(13-16)31-25-22(20)24(29-23(30-25)18-9-11-27-12-10-18)28-15-19(26)14-17-5-3-2-4-6-17/h2-6,9-12,16,19H,7-8,13-15,26H2,1H3,(H,28,29,30)/t16?,19-/m0/s1. The lowest BCUT2D eigenvalue weighted by Gasteiger charge is -2.19. The van der Waals surface area contributed by atoms with E-state index in [1.54, 1.807) is 12.4 Å². The average molecular weight is 430 g/mol. The monoisotopic (exact) mass is 429 g/mol. The maximum Gasteiger partial charge on any atom is 0.163 e. The number of aromatic nitrogens is 3. The highest BCUT2D eigenvalue weighted by molar-refractivity contribution is 7.19. The van der Waals surface area contributed by atoms with Crippen LogP contribution in [-0.4, -0.2) is 27.5 Å². The number of fused-ring (bicyclic) bond motifs is 3. The Bertz CT molecular complexity index is 1170. The number of anilines is 1. The molecule has 2 atom stereocenters. The molecule has 0 aliphatic heterocycles. The topological polar surface area (TPSA) is 76.7 Å². The van der Waals surface area contributed by atoms with Gasteiger partial charge in [-0.05, 0) is 54.9 Å². The highest BCUT2D eigenvalue weighted by Gasteiger charge is 2.24. The molecule has 0 fully saturated rings. The summed E-state index contributed by atoms with van der Waals surface area (Å²) in [7, 11) is 0. The van der Waals surface area contributed by atoms with Crippen LogP contribution in [-0.2, 0) is 19.3 Å². The van der Waals surface area contributed by atoms with E-state index in [9.17, 15) is 0 Å². The first-order valence-corrected chi connectivity index (χ1v) is 11.7. The molecule has 0 saturated heterocycles. The van der Waals surface area contributed by atoms with Gasteiger partial charge in [-0.15, -0.1) is 11.3 Å². The van der Waals surface area contributed by atoms with Gasteiger partial charge >= 0.3 is 0 Å². The summed E-state index contributed by atoms with van der Waals surface area (Å²) in [4.78, 5) is 16.6. The molecular weight excluding hydrogens is 402 g/mol. The maximum atomic E-state index is 6.47. The second-order valence-electron chi connectivity index (χ2n) is 8.49. The van der Waals surface area contributed by atoms with Gasteiger partial charge in [-0.25, -0.2) is 9.97 Å². The van der Waals surface area contributed by atoms with Crippen LogP contribution in [0.1, 0.15) is 29.3 Å². The molecule has 1 unspecified atom stereocenters. The van der Waals surface area contributed by atoms with E-state index in [0.29, 0.717) is 6.54 Å². The molecule has 0 radical (unpaired) electrons. The Hall–Kier alpha value is -2.83. The van der Waals surface area contributed by atoms with Gasteiger partial charge in [0.05, 0.1) is 5.39 Å². The molecular formula is C25H27N5S. The SMILES string of the molecule is CC1CCc2c(sc3nc(-c4ccncc4)nc(NC[C@@H](N)Cc4ccccc4)c23)C1. The average Bonchev–Trinajstić information content (AvgIpc) is 3.16. The molecule has 3 aromatic heterocycles. The van der Waals surface area contributed by atoms with Crippen LogP contribution in [0.3, 0.4) is 0 Å². The van der Waals surface area contributed by atoms with Gasteiger partial charge in [-0.2, -0.15) is 0 Å². The molecule has 3 heterocycles. The number of aryl methyl sites for hydroxylation is 1. The van der Waals surface area contributed by atoms with Gasteiger partial charge in [0.1, 0.15) is 10.6 Å². The van der Waals surface area contributed by atoms with Crippen molar-refractivity contribution in [2.45, 2.75) is 38.6 Å². The predicted molar refractivity (Wildman–Crippen MR) is 128 cm³/mol. The van der Waals surface area contributed by atoms with Gasteiger partial charge in [0.15, 0.2) is 5.82 Å². The zero-order valence-electron chi connectivity index (χ0n) is 17.7.